The van der Waals surface area contributed by atoms with Gasteiger partial charge in [-0.15, -0.1) is 0 Å². The predicted octanol–water partition coefficient (Wildman–Crippen LogP) is 4.42. The summed E-state index contributed by atoms with van der Waals surface area (Å²) < 4.78 is 2.29. The molecule has 0 saturated carbocycles. The van der Waals surface area contributed by atoms with Crippen molar-refractivity contribution >= 4 is 39.3 Å². The van der Waals surface area contributed by atoms with Gasteiger partial charge in [-0.1, -0.05) is 64.5 Å². The first-order chi connectivity index (χ1) is 14.4. The van der Waals surface area contributed by atoms with Gasteiger partial charge in [-0.25, -0.2) is 5.43 Å². The lowest BCUT2D eigenvalue weighted by Crippen LogP contribution is -2.20. The molecule has 8 nitrogen and oxygen atoms in total. The number of hydrazone groups is 1. The molecule has 3 rings (SSSR count). The van der Waals surface area contributed by atoms with Crippen molar-refractivity contribution < 1.29 is 9.72 Å². The van der Waals surface area contributed by atoms with E-state index in [2.05, 4.69) is 31.6 Å². The number of halogens is 1. The molecular weight excluding hydrogens is 450 g/mol. The Morgan fingerprint density at radius 2 is 1.93 bits per heavy atom. The maximum absolute atomic E-state index is 12.4. The highest BCUT2D eigenvalue weighted by atomic mass is 79.9. The molecule has 1 N–H and O–H groups in total. The highest BCUT2D eigenvalue weighted by molar-refractivity contribution is 9.10. The molecule has 0 spiro atoms. The fraction of sp³-hybridized carbons (Fsp3) is 0.0952. The van der Waals surface area contributed by atoms with E-state index in [1.165, 1.54) is 10.9 Å². The molecule has 3 aromatic rings. The molecule has 0 aliphatic rings. The number of rotatable bonds is 7. The lowest BCUT2D eigenvalue weighted by Gasteiger charge is -2.01. The van der Waals surface area contributed by atoms with Crippen molar-refractivity contribution in [2.24, 2.45) is 5.10 Å². The Hall–Kier alpha value is -3.59. The molecule has 2 aromatic carbocycles. The monoisotopic (exact) mass is 467 g/mol. The number of aromatic nitrogens is 2. The second-order valence-electron chi connectivity index (χ2n) is 6.38. The summed E-state index contributed by atoms with van der Waals surface area (Å²) in [5, 5.41) is 19.4. The van der Waals surface area contributed by atoms with Crippen LogP contribution in [0.2, 0.25) is 0 Å². The topological polar surface area (TPSA) is 102 Å². The molecule has 0 fully saturated rings. The number of hydrogen-bond acceptors (Lipinski definition) is 5. The molecule has 0 saturated heterocycles. The number of nitrogens with one attached hydrogen (secondary N) is 1. The van der Waals surface area contributed by atoms with Crippen LogP contribution >= 0.6 is 15.9 Å². The van der Waals surface area contributed by atoms with Gasteiger partial charge in [0.05, 0.1) is 17.2 Å². The summed E-state index contributed by atoms with van der Waals surface area (Å²) >= 11 is 3.36. The van der Waals surface area contributed by atoms with Crippen LogP contribution in [0, 0.1) is 10.1 Å². The number of benzene rings is 2. The molecule has 0 aliphatic carbocycles. The normalized spacial score (nSPS) is 11.6. The largest absolute Gasteiger partial charge is 0.320 e. The van der Waals surface area contributed by atoms with Crippen molar-refractivity contribution in [3.05, 3.63) is 98.3 Å². The molecule has 0 unspecified atom stereocenters. The summed E-state index contributed by atoms with van der Waals surface area (Å²) in [6.45, 7) is 2.00. The van der Waals surface area contributed by atoms with Crippen molar-refractivity contribution in [3.8, 4) is 0 Å². The Labute approximate surface area is 181 Å². The summed E-state index contributed by atoms with van der Waals surface area (Å²) in [5.41, 5.74) is 4.07. The van der Waals surface area contributed by atoms with E-state index >= 15 is 0 Å². The van der Waals surface area contributed by atoms with E-state index in [9.17, 15) is 14.9 Å². The summed E-state index contributed by atoms with van der Waals surface area (Å²) in [6.07, 6.45) is 4.82. The van der Waals surface area contributed by atoms with Crippen LogP contribution < -0.4 is 5.43 Å². The summed E-state index contributed by atoms with van der Waals surface area (Å²) in [5.74, 6) is -0.747. The quantitative estimate of drug-likeness (QED) is 0.315. The lowest BCUT2D eigenvalue weighted by molar-refractivity contribution is -0.385. The standard InChI is InChI=1S/C21H18BrN5O3/c1-15(7-8-16-5-3-2-4-6-16)23-24-21(28)20-19(27(29)30)14-26(25-20)13-17-9-11-18(22)12-10-17/h2-12,14H,13H2,1H3,(H,24,28)/b8-7+,23-15-. The first-order valence-electron chi connectivity index (χ1n) is 8.96. The van der Waals surface area contributed by atoms with Crippen LogP contribution in [0.15, 0.2) is 76.4 Å². The maximum Gasteiger partial charge on any atom is 0.320 e. The highest BCUT2D eigenvalue weighted by Crippen LogP contribution is 2.18. The van der Waals surface area contributed by atoms with Gasteiger partial charge in [-0.3, -0.25) is 19.6 Å². The van der Waals surface area contributed by atoms with Crippen molar-refractivity contribution in [3.63, 3.8) is 0 Å². The summed E-state index contributed by atoms with van der Waals surface area (Å²) in [6, 6.07) is 17.1. The zero-order valence-electron chi connectivity index (χ0n) is 16.0. The predicted molar refractivity (Wildman–Crippen MR) is 118 cm³/mol. The molecule has 9 heteroatoms. The number of hydrogen-bond donors (Lipinski definition) is 1. The third-order valence-corrected chi connectivity index (χ3v) is 4.59. The van der Waals surface area contributed by atoms with Gasteiger partial charge in [-0.2, -0.15) is 10.2 Å². The minimum absolute atomic E-state index is 0.291. The molecule has 1 heterocycles. The van der Waals surface area contributed by atoms with E-state index in [0.717, 1.165) is 15.6 Å². The van der Waals surface area contributed by atoms with Gasteiger partial charge in [0.15, 0.2) is 0 Å². The third-order valence-electron chi connectivity index (χ3n) is 4.06. The molecule has 0 bridgehead atoms. The Morgan fingerprint density at radius 1 is 1.23 bits per heavy atom. The van der Waals surface area contributed by atoms with Gasteiger partial charge >= 0.3 is 5.69 Å². The van der Waals surface area contributed by atoms with Gasteiger partial charge in [0.2, 0.25) is 5.69 Å². The second kappa shape index (κ2) is 9.75. The van der Waals surface area contributed by atoms with Gasteiger partial charge in [0.25, 0.3) is 5.91 Å². The summed E-state index contributed by atoms with van der Waals surface area (Å²) in [4.78, 5) is 23.2. The van der Waals surface area contributed by atoms with Crippen molar-refractivity contribution in [1.29, 1.82) is 0 Å². The van der Waals surface area contributed by atoms with Crippen LogP contribution in [-0.4, -0.2) is 26.3 Å². The van der Waals surface area contributed by atoms with Crippen LogP contribution in [0.1, 0.15) is 28.5 Å². The number of nitrogens with zero attached hydrogens (tertiary/aromatic N) is 4. The molecule has 30 heavy (non-hydrogen) atoms. The van der Waals surface area contributed by atoms with Crippen molar-refractivity contribution in [2.75, 3.05) is 0 Å². The summed E-state index contributed by atoms with van der Waals surface area (Å²) in [7, 11) is 0. The van der Waals surface area contributed by atoms with Crippen molar-refractivity contribution in [2.45, 2.75) is 13.5 Å². The molecule has 0 atom stereocenters. The van der Waals surface area contributed by atoms with Gasteiger partial charge in [0.1, 0.15) is 6.20 Å². The van der Waals surface area contributed by atoms with E-state index in [1.807, 2.05) is 60.7 Å². The number of nitro groups is 1. The fourth-order valence-corrected chi connectivity index (χ4v) is 2.84. The Morgan fingerprint density at radius 3 is 2.60 bits per heavy atom. The molecule has 0 radical (unpaired) electrons. The minimum Gasteiger partial charge on any atom is -0.265 e. The van der Waals surface area contributed by atoms with E-state index in [1.54, 1.807) is 13.0 Å². The smallest absolute Gasteiger partial charge is 0.265 e. The van der Waals surface area contributed by atoms with Gasteiger partial charge < -0.3 is 0 Å². The van der Waals surface area contributed by atoms with Crippen LogP contribution in [0.4, 0.5) is 5.69 Å². The molecular formula is C21H18BrN5O3. The third kappa shape index (κ3) is 5.71. The lowest BCUT2D eigenvalue weighted by atomic mass is 10.2. The Balaban J connectivity index is 1.72. The SMILES string of the molecule is CC(/C=C/c1ccccc1)=N/NC(=O)c1nn(Cc2ccc(Br)cc2)cc1[N+](=O)[O-]. The Bertz CT molecular complexity index is 1110. The highest BCUT2D eigenvalue weighted by Gasteiger charge is 2.25. The Kier molecular flexibility index (Phi) is 6.87. The van der Waals surface area contributed by atoms with Gasteiger partial charge in [-0.05, 0) is 36.3 Å². The minimum atomic E-state index is -0.747. The van der Waals surface area contributed by atoms with Crippen LogP contribution in [-0.2, 0) is 6.54 Å². The van der Waals surface area contributed by atoms with Crippen LogP contribution in [0.25, 0.3) is 6.08 Å². The zero-order chi connectivity index (χ0) is 21.5. The molecule has 1 aromatic heterocycles. The zero-order valence-corrected chi connectivity index (χ0v) is 17.6. The van der Waals surface area contributed by atoms with E-state index in [-0.39, 0.29) is 11.4 Å². The first kappa shape index (κ1) is 21.1. The number of amides is 1. The average Bonchev–Trinajstić information content (AvgIpc) is 3.17. The first-order valence-corrected chi connectivity index (χ1v) is 9.76. The average molecular weight is 468 g/mol. The van der Waals surface area contributed by atoms with Crippen LogP contribution in [0.5, 0.6) is 0 Å². The van der Waals surface area contributed by atoms with Crippen LogP contribution in [0.3, 0.4) is 0 Å². The van der Waals surface area contributed by atoms with Gasteiger partial charge in [0, 0.05) is 4.47 Å². The van der Waals surface area contributed by atoms with E-state index in [0.29, 0.717) is 12.3 Å². The van der Waals surface area contributed by atoms with E-state index < -0.39 is 10.8 Å². The molecule has 0 aliphatic heterocycles. The number of carbonyl (C=O) groups excluding carboxylic acids is 1. The number of allylic oxidation sites excluding steroid dienone is 1. The van der Waals surface area contributed by atoms with E-state index in [4.69, 9.17) is 0 Å². The molecule has 1 amide bonds. The fourth-order valence-electron chi connectivity index (χ4n) is 2.57. The molecule has 152 valence electrons. The van der Waals surface area contributed by atoms with Crippen molar-refractivity contribution in [1.82, 2.24) is 15.2 Å². The maximum atomic E-state index is 12.4. The second-order valence-corrected chi connectivity index (χ2v) is 7.30. The number of carbonyl (C=O) groups is 1.